The van der Waals surface area contributed by atoms with Gasteiger partial charge in [0.05, 0.1) is 7.11 Å². The van der Waals surface area contributed by atoms with E-state index in [4.69, 9.17) is 9.47 Å². The van der Waals surface area contributed by atoms with Gasteiger partial charge in [-0.15, -0.1) is 0 Å². The normalized spacial score (nSPS) is 15.1. The molecule has 1 fully saturated rings. The average Bonchev–Trinajstić information content (AvgIpc) is 2.52. The highest BCUT2D eigenvalue weighted by Gasteiger charge is 2.20. The summed E-state index contributed by atoms with van der Waals surface area (Å²) in [6.07, 6.45) is 5.94. The van der Waals surface area contributed by atoms with Crippen LogP contribution in [0.3, 0.4) is 0 Å². The van der Waals surface area contributed by atoms with Crippen molar-refractivity contribution in [3.8, 4) is 11.5 Å². The number of carbonyl (C=O) groups excluding carboxylic acids is 1. The molecular weight excluding hydrogens is 268 g/mol. The van der Waals surface area contributed by atoms with Crippen LogP contribution < -0.4 is 19.7 Å². The van der Waals surface area contributed by atoms with E-state index >= 15 is 0 Å². The highest BCUT2D eigenvalue weighted by molar-refractivity contribution is 5.93. The summed E-state index contributed by atoms with van der Waals surface area (Å²) in [6.45, 7) is 4.01. The zero-order chi connectivity index (χ0) is 15.1. The minimum Gasteiger partial charge on any atom is -0.493 e. The maximum absolute atomic E-state index is 11.9. The summed E-state index contributed by atoms with van der Waals surface area (Å²) in [7, 11) is 1.61. The lowest BCUT2D eigenvalue weighted by Gasteiger charge is -2.28. The van der Waals surface area contributed by atoms with Gasteiger partial charge in [0.2, 0.25) is 0 Å². The Hall–Kier alpha value is -2.17. The van der Waals surface area contributed by atoms with Crippen molar-refractivity contribution in [2.45, 2.75) is 19.8 Å². The number of amides is 2. The highest BCUT2D eigenvalue weighted by atomic mass is 16.5. The van der Waals surface area contributed by atoms with E-state index in [-0.39, 0.29) is 6.03 Å². The van der Waals surface area contributed by atoms with Crippen molar-refractivity contribution in [2.75, 3.05) is 31.7 Å². The van der Waals surface area contributed by atoms with E-state index in [1.165, 1.54) is 0 Å². The van der Waals surface area contributed by atoms with E-state index in [2.05, 4.69) is 18.3 Å². The largest absolute Gasteiger partial charge is 0.493 e. The summed E-state index contributed by atoms with van der Waals surface area (Å²) >= 11 is 0. The summed E-state index contributed by atoms with van der Waals surface area (Å²) < 4.78 is 11.0. The van der Waals surface area contributed by atoms with Gasteiger partial charge in [-0.1, -0.05) is 19.1 Å². The molecule has 2 rings (SSSR count). The third kappa shape index (κ3) is 3.90. The number of ether oxygens (including phenoxy) is 2. The molecule has 0 saturated carbocycles. The smallest absolute Gasteiger partial charge is 0.321 e. The van der Waals surface area contributed by atoms with Crippen LogP contribution >= 0.6 is 0 Å². The number of hydrogen-bond acceptors (Lipinski definition) is 3. The molecule has 1 saturated heterocycles. The van der Waals surface area contributed by atoms with Crippen molar-refractivity contribution in [1.82, 2.24) is 5.32 Å². The molecule has 21 heavy (non-hydrogen) atoms. The molecule has 0 aliphatic carbocycles. The van der Waals surface area contributed by atoms with E-state index in [0.717, 1.165) is 25.1 Å². The fourth-order valence-electron chi connectivity index (χ4n) is 2.19. The second kappa shape index (κ2) is 7.57. The zero-order valence-electron chi connectivity index (χ0n) is 12.6. The first-order valence-corrected chi connectivity index (χ1v) is 7.27. The molecule has 5 heteroatoms. The van der Waals surface area contributed by atoms with E-state index in [1.807, 2.05) is 24.3 Å². The highest BCUT2D eigenvalue weighted by Crippen LogP contribution is 2.32. The van der Waals surface area contributed by atoms with Crippen LogP contribution in [0.1, 0.15) is 19.8 Å². The Morgan fingerprint density at radius 2 is 2.19 bits per heavy atom. The first kappa shape index (κ1) is 15.2. The molecule has 2 amide bonds. The molecule has 1 aliphatic heterocycles. The summed E-state index contributed by atoms with van der Waals surface area (Å²) in [5.41, 5.74) is 0.822. The molecule has 0 spiro atoms. The number of allylic oxidation sites excluding steroid dienone is 1. The number of urea groups is 1. The summed E-state index contributed by atoms with van der Waals surface area (Å²) in [5, 5.41) is 2.84. The van der Waals surface area contributed by atoms with E-state index < -0.39 is 0 Å². The number of rotatable bonds is 6. The predicted molar refractivity (Wildman–Crippen MR) is 83.3 cm³/mol. The molecular formula is C16H22N2O3. The molecule has 1 aromatic carbocycles. The molecule has 5 nitrogen and oxygen atoms in total. The molecule has 0 atom stereocenters. The number of nitrogens with one attached hydrogen (secondary N) is 1. The van der Waals surface area contributed by atoms with Crippen LogP contribution in [-0.2, 0) is 0 Å². The Kier molecular flexibility index (Phi) is 5.49. The van der Waals surface area contributed by atoms with Gasteiger partial charge in [-0.2, -0.15) is 0 Å². The molecule has 1 N–H and O–H groups in total. The second-order valence-electron chi connectivity index (χ2n) is 4.76. The van der Waals surface area contributed by atoms with E-state index in [9.17, 15) is 4.79 Å². The van der Waals surface area contributed by atoms with Crippen molar-refractivity contribution < 1.29 is 14.3 Å². The molecule has 0 bridgehead atoms. The number of carbonyl (C=O) groups is 1. The second-order valence-corrected chi connectivity index (χ2v) is 4.76. The van der Waals surface area contributed by atoms with Gasteiger partial charge in [0.15, 0.2) is 11.5 Å². The van der Waals surface area contributed by atoms with Crippen LogP contribution in [0.15, 0.2) is 30.4 Å². The van der Waals surface area contributed by atoms with Gasteiger partial charge >= 0.3 is 6.03 Å². The standard InChI is InChI=1S/C16H22N2O3/c1-3-4-5-11-21-15-12-13(7-8-14(15)20-2)18-10-6-9-17-16(18)19/h4-5,7-8,12H,3,6,9-11H2,1-2H3,(H,17,19)/b5-4-. The number of nitrogens with zero attached hydrogens (tertiary/aromatic N) is 1. The quantitative estimate of drug-likeness (QED) is 0.819. The van der Waals surface area contributed by atoms with Gasteiger partial charge in [-0.25, -0.2) is 4.79 Å². The number of hydrogen-bond donors (Lipinski definition) is 1. The third-order valence-electron chi connectivity index (χ3n) is 3.28. The SMILES string of the molecule is CC/C=C\COc1cc(N2CCCNC2=O)ccc1OC. The Morgan fingerprint density at radius 1 is 1.33 bits per heavy atom. The van der Waals surface area contributed by atoms with Gasteiger partial charge in [0.1, 0.15) is 6.61 Å². The predicted octanol–water partition coefficient (Wildman–Crippen LogP) is 2.96. The van der Waals surface area contributed by atoms with Crippen molar-refractivity contribution in [2.24, 2.45) is 0 Å². The summed E-state index contributed by atoms with van der Waals surface area (Å²) in [4.78, 5) is 13.6. The average molecular weight is 290 g/mol. The molecule has 1 heterocycles. The maximum atomic E-state index is 11.9. The van der Waals surface area contributed by atoms with Crippen LogP contribution in [-0.4, -0.2) is 32.8 Å². The molecule has 1 aliphatic rings. The van der Waals surface area contributed by atoms with Crippen LogP contribution in [0.25, 0.3) is 0 Å². The van der Waals surface area contributed by atoms with Gasteiger partial charge in [-0.3, -0.25) is 4.90 Å². The topological polar surface area (TPSA) is 50.8 Å². The minimum atomic E-state index is -0.0664. The maximum Gasteiger partial charge on any atom is 0.321 e. The Morgan fingerprint density at radius 3 is 2.90 bits per heavy atom. The number of anilines is 1. The lowest BCUT2D eigenvalue weighted by atomic mass is 10.2. The van der Waals surface area contributed by atoms with Crippen molar-refractivity contribution in [3.63, 3.8) is 0 Å². The van der Waals surface area contributed by atoms with Gasteiger partial charge < -0.3 is 14.8 Å². The van der Waals surface area contributed by atoms with Crippen LogP contribution in [0.5, 0.6) is 11.5 Å². The molecule has 1 aromatic rings. The Bertz CT molecular complexity index is 514. The fourth-order valence-corrected chi connectivity index (χ4v) is 2.19. The van der Waals surface area contributed by atoms with Crippen molar-refractivity contribution >= 4 is 11.7 Å². The first-order chi connectivity index (χ1) is 10.3. The van der Waals surface area contributed by atoms with E-state index in [0.29, 0.717) is 24.7 Å². The van der Waals surface area contributed by atoms with Gasteiger partial charge in [-0.05, 0) is 25.0 Å². The Labute approximate surface area is 125 Å². The lowest BCUT2D eigenvalue weighted by Crippen LogP contribution is -2.46. The summed E-state index contributed by atoms with van der Waals surface area (Å²) in [6, 6.07) is 5.49. The lowest BCUT2D eigenvalue weighted by molar-refractivity contribution is 0.243. The third-order valence-corrected chi connectivity index (χ3v) is 3.28. The Balaban J connectivity index is 2.16. The van der Waals surface area contributed by atoms with Gasteiger partial charge in [0.25, 0.3) is 0 Å². The van der Waals surface area contributed by atoms with Crippen molar-refractivity contribution in [1.29, 1.82) is 0 Å². The summed E-state index contributed by atoms with van der Waals surface area (Å²) in [5.74, 6) is 1.31. The molecule has 114 valence electrons. The minimum absolute atomic E-state index is 0.0664. The number of methoxy groups -OCH3 is 1. The first-order valence-electron chi connectivity index (χ1n) is 7.27. The number of benzene rings is 1. The van der Waals surface area contributed by atoms with Gasteiger partial charge in [0, 0.05) is 24.8 Å². The fraction of sp³-hybridized carbons (Fsp3) is 0.438. The van der Waals surface area contributed by atoms with Crippen molar-refractivity contribution in [3.05, 3.63) is 30.4 Å². The zero-order valence-corrected chi connectivity index (χ0v) is 12.6. The van der Waals surface area contributed by atoms with Crippen LogP contribution in [0.4, 0.5) is 10.5 Å². The molecule has 0 radical (unpaired) electrons. The molecule has 0 unspecified atom stereocenters. The van der Waals surface area contributed by atoms with E-state index in [1.54, 1.807) is 12.0 Å². The van der Waals surface area contributed by atoms with Crippen LogP contribution in [0, 0.1) is 0 Å². The molecule has 0 aromatic heterocycles. The monoisotopic (exact) mass is 290 g/mol. The van der Waals surface area contributed by atoms with Crippen LogP contribution in [0.2, 0.25) is 0 Å².